The van der Waals surface area contributed by atoms with Crippen molar-refractivity contribution in [3.05, 3.63) is 29.8 Å². The predicted molar refractivity (Wildman–Crippen MR) is 70.5 cm³/mol. The quantitative estimate of drug-likeness (QED) is 0.912. The van der Waals surface area contributed by atoms with Gasteiger partial charge in [0.1, 0.15) is 11.6 Å². The Balaban J connectivity index is 2.48. The van der Waals surface area contributed by atoms with Gasteiger partial charge in [0.2, 0.25) is 5.95 Å². The van der Waals surface area contributed by atoms with E-state index in [0.29, 0.717) is 19.1 Å². The van der Waals surface area contributed by atoms with Crippen molar-refractivity contribution < 1.29 is 13.5 Å². The van der Waals surface area contributed by atoms with Gasteiger partial charge in [0, 0.05) is 18.2 Å². The van der Waals surface area contributed by atoms with Crippen LogP contribution in [0, 0.1) is 11.6 Å². The molecule has 0 aliphatic rings. The Hall–Kier alpha value is -2.31. The van der Waals surface area contributed by atoms with Crippen LogP contribution in [0.2, 0.25) is 0 Å². The summed E-state index contributed by atoms with van der Waals surface area (Å²) in [4.78, 5) is 12.2. The van der Waals surface area contributed by atoms with Crippen LogP contribution in [0.15, 0.2) is 18.2 Å². The van der Waals surface area contributed by atoms with Gasteiger partial charge in [-0.15, -0.1) is 0 Å². The van der Waals surface area contributed by atoms with E-state index >= 15 is 0 Å². The third-order valence-corrected chi connectivity index (χ3v) is 2.34. The Bertz CT molecular complexity index is 562. The summed E-state index contributed by atoms with van der Waals surface area (Å²) in [5.41, 5.74) is 0.227. The summed E-state index contributed by atoms with van der Waals surface area (Å²) in [6.07, 6.45) is 0. The molecule has 1 aromatic heterocycles. The number of nitrogens with one attached hydrogen (secondary N) is 1. The van der Waals surface area contributed by atoms with Gasteiger partial charge in [0.05, 0.1) is 6.61 Å². The van der Waals surface area contributed by atoms with Crippen LogP contribution in [-0.4, -0.2) is 28.1 Å². The van der Waals surface area contributed by atoms with Gasteiger partial charge in [-0.25, -0.2) is 8.78 Å². The molecule has 0 unspecified atom stereocenters. The van der Waals surface area contributed by atoms with Crippen LogP contribution in [-0.2, 0) is 0 Å². The first kappa shape index (κ1) is 14.1. The number of rotatable bonds is 5. The van der Waals surface area contributed by atoms with E-state index < -0.39 is 11.6 Å². The van der Waals surface area contributed by atoms with E-state index in [-0.39, 0.29) is 17.4 Å². The Kier molecular flexibility index (Phi) is 4.39. The van der Waals surface area contributed by atoms with Crippen molar-refractivity contribution in [3.63, 3.8) is 0 Å². The highest BCUT2D eigenvalue weighted by atomic mass is 19.1. The Morgan fingerprint density at radius 3 is 2.35 bits per heavy atom. The van der Waals surface area contributed by atoms with Crippen molar-refractivity contribution in [1.29, 1.82) is 0 Å². The number of ether oxygens (including phenoxy) is 1. The lowest BCUT2D eigenvalue weighted by Gasteiger charge is -2.08. The Morgan fingerprint density at radius 2 is 1.75 bits per heavy atom. The molecule has 1 aromatic carbocycles. The van der Waals surface area contributed by atoms with Gasteiger partial charge in [0.15, 0.2) is 5.82 Å². The largest absolute Gasteiger partial charge is 0.464 e. The van der Waals surface area contributed by atoms with Crippen molar-refractivity contribution in [2.75, 3.05) is 18.5 Å². The summed E-state index contributed by atoms with van der Waals surface area (Å²) >= 11 is 0. The second-order valence-corrected chi connectivity index (χ2v) is 3.89. The molecule has 106 valence electrons. The number of benzene rings is 1. The van der Waals surface area contributed by atoms with Crippen LogP contribution in [0.5, 0.6) is 6.01 Å². The van der Waals surface area contributed by atoms with Crippen LogP contribution in [0.4, 0.5) is 14.7 Å². The first-order valence-electron chi connectivity index (χ1n) is 6.21. The average molecular weight is 280 g/mol. The van der Waals surface area contributed by atoms with Crippen molar-refractivity contribution in [2.24, 2.45) is 0 Å². The zero-order chi connectivity index (χ0) is 14.5. The molecule has 0 radical (unpaired) electrons. The Morgan fingerprint density at radius 1 is 1.05 bits per heavy atom. The molecule has 0 fully saturated rings. The molecule has 0 aliphatic heterocycles. The van der Waals surface area contributed by atoms with Crippen LogP contribution < -0.4 is 10.1 Å². The molecule has 0 aliphatic carbocycles. The van der Waals surface area contributed by atoms with Crippen LogP contribution in [0.1, 0.15) is 13.8 Å². The molecule has 0 saturated heterocycles. The molecule has 2 aromatic rings. The molecule has 1 N–H and O–H groups in total. The molecule has 7 heteroatoms. The summed E-state index contributed by atoms with van der Waals surface area (Å²) in [5.74, 6) is -0.935. The van der Waals surface area contributed by atoms with Crippen LogP contribution in [0.25, 0.3) is 11.4 Å². The second-order valence-electron chi connectivity index (χ2n) is 3.89. The number of hydrogen-bond acceptors (Lipinski definition) is 5. The SMILES string of the molecule is CCNc1nc(OCC)nc(-c2cc(F)cc(F)c2)n1. The molecule has 2 rings (SSSR count). The van der Waals surface area contributed by atoms with E-state index in [0.717, 1.165) is 18.2 Å². The van der Waals surface area contributed by atoms with Crippen LogP contribution >= 0.6 is 0 Å². The first-order chi connectivity index (χ1) is 9.62. The molecule has 1 heterocycles. The van der Waals surface area contributed by atoms with Gasteiger partial charge >= 0.3 is 6.01 Å². The number of nitrogens with zero attached hydrogens (tertiary/aromatic N) is 3. The molecule has 5 nitrogen and oxygen atoms in total. The van der Waals surface area contributed by atoms with Crippen molar-refractivity contribution >= 4 is 5.95 Å². The fraction of sp³-hybridized carbons (Fsp3) is 0.308. The maximum absolute atomic E-state index is 13.3. The van der Waals surface area contributed by atoms with E-state index in [9.17, 15) is 8.78 Å². The van der Waals surface area contributed by atoms with E-state index in [2.05, 4.69) is 20.3 Å². The zero-order valence-electron chi connectivity index (χ0n) is 11.2. The number of anilines is 1. The molecular weight excluding hydrogens is 266 g/mol. The van der Waals surface area contributed by atoms with Crippen molar-refractivity contribution in [2.45, 2.75) is 13.8 Å². The molecule has 20 heavy (non-hydrogen) atoms. The minimum atomic E-state index is -0.691. The fourth-order valence-corrected chi connectivity index (χ4v) is 1.60. The van der Waals surface area contributed by atoms with Gasteiger partial charge in [-0.2, -0.15) is 15.0 Å². The normalized spacial score (nSPS) is 10.4. The number of aromatic nitrogens is 3. The lowest BCUT2D eigenvalue weighted by molar-refractivity contribution is 0.312. The molecular formula is C13H14F2N4O. The highest BCUT2D eigenvalue weighted by Crippen LogP contribution is 2.21. The van der Waals surface area contributed by atoms with E-state index in [1.165, 1.54) is 0 Å². The van der Waals surface area contributed by atoms with Gasteiger partial charge in [-0.3, -0.25) is 0 Å². The van der Waals surface area contributed by atoms with E-state index in [1.807, 2.05) is 6.92 Å². The second kappa shape index (κ2) is 6.23. The van der Waals surface area contributed by atoms with Gasteiger partial charge in [-0.1, -0.05) is 0 Å². The third kappa shape index (κ3) is 3.37. The third-order valence-electron chi connectivity index (χ3n) is 2.34. The van der Waals surface area contributed by atoms with E-state index in [1.54, 1.807) is 6.92 Å². The van der Waals surface area contributed by atoms with Gasteiger partial charge < -0.3 is 10.1 Å². The smallest absolute Gasteiger partial charge is 0.321 e. The minimum Gasteiger partial charge on any atom is -0.464 e. The molecule has 0 amide bonds. The zero-order valence-corrected chi connectivity index (χ0v) is 11.2. The van der Waals surface area contributed by atoms with E-state index in [4.69, 9.17) is 4.74 Å². The lowest BCUT2D eigenvalue weighted by atomic mass is 10.2. The van der Waals surface area contributed by atoms with Crippen molar-refractivity contribution in [1.82, 2.24) is 15.0 Å². The van der Waals surface area contributed by atoms with Crippen molar-refractivity contribution in [3.8, 4) is 17.4 Å². The highest BCUT2D eigenvalue weighted by molar-refractivity contribution is 5.56. The number of halogens is 2. The highest BCUT2D eigenvalue weighted by Gasteiger charge is 2.11. The van der Waals surface area contributed by atoms with Crippen LogP contribution in [0.3, 0.4) is 0 Å². The maximum atomic E-state index is 13.3. The summed E-state index contributed by atoms with van der Waals surface area (Å²) in [6.45, 7) is 4.66. The van der Waals surface area contributed by atoms with Gasteiger partial charge in [0.25, 0.3) is 0 Å². The molecule has 0 spiro atoms. The number of hydrogen-bond donors (Lipinski definition) is 1. The summed E-state index contributed by atoms with van der Waals surface area (Å²) < 4.78 is 31.7. The fourth-order valence-electron chi connectivity index (χ4n) is 1.60. The average Bonchev–Trinajstić information content (AvgIpc) is 2.38. The standard InChI is InChI=1S/C13H14F2N4O/c1-3-16-12-17-11(18-13(19-12)20-4-2)8-5-9(14)7-10(15)6-8/h5-7H,3-4H2,1-2H3,(H,16,17,18,19). The minimum absolute atomic E-state index is 0.109. The molecule has 0 bridgehead atoms. The first-order valence-corrected chi connectivity index (χ1v) is 6.21. The summed E-state index contributed by atoms with van der Waals surface area (Å²) in [6, 6.07) is 3.21. The Labute approximate surface area is 115 Å². The topological polar surface area (TPSA) is 59.9 Å². The predicted octanol–water partition coefficient (Wildman–Crippen LogP) is 2.65. The molecule has 0 atom stereocenters. The maximum Gasteiger partial charge on any atom is 0.321 e. The summed E-state index contributed by atoms with van der Waals surface area (Å²) in [7, 11) is 0. The monoisotopic (exact) mass is 280 g/mol. The lowest BCUT2D eigenvalue weighted by Crippen LogP contribution is -2.07. The van der Waals surface area contributed by atoms with Gasteiger partial charge in [-0.05, 0) is 26.0 Å². The molecule has 0 saturated carbocycles. The summed E-state index contributed by atoms with van der Waals surface area (Å²) in [5, 5.41) is 2.92.